The summed E-state index contributed by atoms with van der Waals surface area (Å²) in [4.78, 5) is 13.6. The Hall–Kier alpha value is -0.350. The van der Waals surface area contributed by atoms with Crippen molar-refractivity contribution in [2.45, 2.75) is 32.6 Å². The molecule has 0 radical (unpaired) electrons. The number of thiophene rings is 1. The summed E-state index contributed by atoms with van der Waals surface area (Å²) >= 11 is 4.96. The fraction of sp³-hybridized carbons (Fsp3) is 0.583. The highest BCUT2D eigenvalue weighted by molar-refractivity contribution is 9.09. The van der Waals surface area contributed by atoms with E-state index in [2.05, 4.69) is 21.2 Å². The molecule has 0 aliphatic carbocycles. The maximum Gasteiger partial charge on any atom is 0.261 e. The molecule has 1 aromatic rings. The van der Waals surface area contributed by atoms with Gasteiger partial charge in [-0.1, -0.05) is 28.8 Å². The quantitative estimate of drug-likeness (QED) is 0.603. The maximum atomic E-state index is 11.6. The Labute approximate surface area is 110 Å². The van der Waals surface area contributed by atoms with Crippen LogP contribution in [0.1, 0.15) is 40.2 Å². The zero-order valence-electron chi connectivity index (χ0n) is 9.59. The van der Waals surface area contributed by atoms with Crippen LogP contribution in [0, 0.1) is 6.92 Å². The van der Waals surface area contributed by atoms with Crippen LogP contribution in [0.5, 0.6) is 0 Å². The maximum absolute atomic E-state index is 11.6. The number of hydrogen-bond donors (Lipinski definition) is 1. The van der Waals surface area contributed by atoms with Crippen LogP contribution in [0.25, 0.3) is 0 Å². The normalized spacial score (nSPS) is 10.4. The van der Waals surface area contributed by atoms with Crippen molar-refractivity contribution in [3.8, 4) is 0 Å². The second-order valence-corrected chi connectivity index (χ2v) is 5.85. The summed E-state index contributed by atoms with van der Waals surface area (Å²) in [6.45, 7) is 2.81. The van der Waals surface area contributed by atoms with Gasteiger partial charge in [-0.15, -0.1) is 11.3 Å². The molecule has 16 heavy (non-hydrogen) atoms. The molecule has 0 unspecified atom stereocenters. The van der Waals surface area contributed by atoms with Crippen molar-refractivity contribution in [2.75, 3.05) is 11.9 Å². The van der Waals surface area contributed by atoms with Crippen LogP contribution in [0.2, 0.25) is 0 Å². The molecule has 0 aromatic carbocycles. The predicted octanol–water partition coefficient (Wildman–Crippen LogP) is 3.74. The highest BCUT2D eigenvalue weighted by atomic mass is 79.9. The number of carbonyl (C=O) groups excluding carboxylic acids is 1. The van der Waals surface area contributed by atoms with E-state index in [-0.39, 0.29) is 5.91 Å². The van der Waals surface area contributed by atoms with Gasteiger partial charge in [0.2, 0.25) is 0 Å². The van der Waals surface area contributed by atoms with Gasteiger partial charge in [0.25, 0.3) is 5.91 Å². The van der Waals surface area contributed by atoms with Gasteiger partial charge in [0, 0.05) is 16.8 Å². The molecule has 0 saturated carbocycles. The van der Waals surface area contributed by atoms with Gasteiger partial charge >= 0.3 is 0 Å². The van der Waals surface area contributed by atoms with Crippen LogP contribution in [0.3, 0.4) is 0 Å². The molecule has 1 amide bonds. The van der Waals surface area contributed by atoms with Crippen LogP contribution in [-0.2, 0) is 0 Å². The molecule has 0 saturated heterocycles. The summed E-state index contributed by atoms with van der Waals surface area (Å²) < 4.78 is 0. The minimum absolute atomic E-state index is 0.0681. The van der Waals surface area contributed by atoms with Crippen LogP contribution in [-0.4, -0.2) is 17.8 Å². The van der Waals surface area contributed by atoms with Gasteiger partial charge in [0.1, 0.15) is 0 Å². The number of carbonyl (C=O) groups is 1. The molecule has 0 atom stereocenters. The minimum atomic E-state index is 0.0681. The molecule has 1 heterocycles. The summed E-state index contributed by atoms with van der Waals surface area (Å²) in [5, 5.41) is 4.03. The molecule has 0 bridgehead atoms. The van der Waals surface area contributed by atoms with E-state index in [0.29, 0.717) is 0 Å². The fourth-order valence-electron chi connectivity index (χ4n) is 1.42. The van der Waals surface area contributed by atoms with Crippen LogP contribution >= 0.6 is 27.3 Å². The lowest BCUT2D eigenvalue weighted by Crippen LogP contribution is -2.23. The number of aryl methyl sites for hydroxylation is 1. The van der Waals surface area contributed by atoms with Gasteiger partial charge < -0.3 is 5.32 Å². The minimum Gasteiger partial charge on any atom is -0.351 e. The van der Waals surface area contributed by atoms with Crippen LogP contribution < -0.4 is 5.32 Å². The Bertz CT molecular complexity index is 325. The Kier molecular flexibility index (Phi) is 6.73. The first-order chi connectivity index (χ1) is 7.74. The Morgan fingerprint density at radius 3 is 2.69 bits per heavy atom. The first-order valence-corrected chi connectivity index (χ1v) is 7.58. The van der Waals surface area contributed by atoms with E-state index in [1.165, 1.54) is 24.1 Å². The zero-order chi connectivity index (χ0) is 11.8. The van der Waals surface area contributed by atoms with Crippen molar-refractivity contribution in [1.82, 2.24) is 5.32 Å². The van der Waals surface area contributed by atoms with E-state index < -0.39 is 0 Å². The third-order valence-electron chi connectivity index (χ3n) is 2.31. The van der Waals surface area contributed by atoms with Gasteiger partial charge in [0.15, 0.2) is 0 Å². The molecular weight excluding hydrogens is 286 g/mol. The Balaban J connectivity index is 2.11. The molecule has 0 spiro atoms. The average molecular weight is 304 g/mol. The molecule has 90 valence electrons. The first-order valence-electron chi connectivity index (χ1n) is 5.64. The lowest BCUT2D eigenvalue weighted by Gasteiger charge is -2.02. The monoisotopic (exact) mass is 303 g/mol. The standard InChI is InChI=1S/C12H18BrNOS/c1-10-6-7-11(16-10)12(15)14-9-5-3-2-4-8-13/h6-7H,2-5,8-9H2,1H3,(H,14,15). The summed E-state index contributed by atoms with van der Waals surface area (Å²) in [7, 11) is 0. The molecule has 0 aliphatic rings. The van der Waals surface area contributed by atoms with Crippen molar-refractivity contribution in [3.63, 3.8) is 0 Å². The number of nitrogens with one attached hydrogen (secondary N) is 1. The lowest BCUT2D eigenvalue weighted by molar-refractivity contribution is 0.0957. The molecule has 0 aliphatic heterocycles. The van der Waals surface area contributed by atoms with Crippen molar-refractivity contribution >= 4 is 33.2 Å². The largest absolute Gasteiger partial charge is 0.351 e. The third kappa shape index (κ3) is 5.12. The van der Waals surface area contributed by atoms with E-state index in [0.717, 1.165) is 23.2 Å². The van der Waals surface area contributed by atoms with Gasteiger partial charge in [0.05, 0.1) is 4.88 Å². The summed E-state index contributed by atoms with van der Waals surface area (Å²) in [5.41, 5.74) is 0. The predicted molar refractivity (Wildman–Crippen MR) is 73.7 cm³/mol. The van der Waals surface area contributed by atoms with E-state index in [4.69, 9.17) is 0 Å². The number of alkyl halides is 1. The smallest absolute Gasteiger partial charge is 0.261 e. The van der Waals surface area contributed by atoms with Crippen molar-refractivity contribution in [2.24, 2.45) is 0 Å². The number of hydrogen-bond acceptors (Lipinski definition) is 2. The van der Waals surface area contributed by atoms with Crippen LogP contribution in [0.15, 0.2) is 12.1 Å². The molecular formula is C12H18BrNOS. The molecule has 0 fully saturated rings. The number of unbranched alkanes of at least 4 members (excludes halogenated alkanes) is 3. The van der Waals surface area contributed by atoms with E-state index in [9.17, 15) is 4.79 Å². The second kappa shape index (κ2) is 7.85. The average Bonchev–Trinajstić information content (AvgIpc) is 2.70. The van der Waals surface area contributed by atoms with Gasteiger partial charge in [-0.2, -0.15) is 0 Å². The SMILES string of the molecule is Cc1ccc(C(=O)NCCCCCCBr)s1. The molecule has 1 rings (SSSR count). The number of amides is 1. The molecule has 4 heteroatoms. The summed E-state index contributed by atoms with van der Waals surface area (Å²) in [6, 6.07) is 3.87. The zero-order valence-corrected chi connectivity index (χ0v) is 12.0. The van der Waals surface area contributed by atoms with Gasteiger partial charge in [-0.05, 0) is 31.9 Å². The highest BCUT2D eigenvalue weighted by Crippen LogP contribution is 2.14. The third-order valence-corrected chi connectivity index (χ3v) is 3.87. The number of halogens is 1. The fourth-order valence-corrected chi connectivity index (χ4v) is 2.60. The Morgan fingerprint density at radius 1 is 1.31 bits per heavy atom. The lowest BCUT2D eigenvalue weighted by atomic mass is 10.2. The van der Waals surface area contributed by atoms with Gasteiger partial charge in [-0.25, -0.2) is 0 Å². The molecule has 2 nitrogen and oxygen atoms in total. The highest BCUT2D eigenvalue weighted by Gasteiger charge is 2.06. The van der Waals surface area contributed by atoms with Crippen LogP contribution in [0.4, 0.5) is 0 Å². The van der Waals surface area contributed by atoms with E-state index >= 15 is 0 Å². The topological polar surface area (TPSA) is 29.1 Å². The summed E-state index contributed by atoms with van der Waals surface area (Å²) in [6.07, 6.45) is 4.72. The molecule has 1 aromatic heterocycles. The van der Waals surface area contributed by atoms with Crippen molar-refractivity contribution < 1.29 is 4.79 Å². The Morgan fingerprint density at radius 2 is 2.06 bits per heavy atom. The van der Waals surface area contributed by atoms with Crippen molar-refractivity contribution in [1.29, 1.82) is 0 Å². The number of rotatable bonds is 7. The first kappa shape index (κ1) is 13.7. The summed E-state index contributed by atoms with van der Waals surface area (Å²) in [5.74, 6) is 0.0681. The second-order valence-electron chi connectivity index (χ2n) is 3.77. The molecule has 1 N–H and O–H groups in total. The van der Waals surface area contributed by atoms with Crippen molar-refractivity contribution in [3.05, 3.63) is 21.9 Å². The van der Waals surface area contributed by atoms with E-state index in [1.807, 2.05) is 19.1 Å². The van der Waals surface area contributed by atoms with E-state index in [1.54, 1.807) is 11.3 Å². The van der Waals surface area contributed by atoms with Gasteiger partial charge in [-0.3, -0.25) is 4.79 Å².